The van der Waals surface area contributed by atoms with E-state index in [1.54, 1.807) is 0 Å². The lowest BCUT2D eigenvalue weighted by molar-refractivity contribution is -0.137. The topological polar surface area (TPSA) is 37.3 Å². The molecule has 0 rings (SSSR count). The molecule has 66 valence electrons. The zero-order valence-electron chi connectivity index (χ0n) is 6.74. The summed E-state index contributed by atoms with van der Waals surface area (Å²) < 4.78 is -0.380. The van der Waals surface area contributed by atoms with E-state index >= 15 is 0 Å². The summed E-state index contributed by atoms with van der Waals surface area (Å²) >= 11 is 8.45. The third-order valence-electron chi connectivity index (χ3n) is 1.72. The molecule has 0 saturated heterocycles. The first kappa shape index (κ1) is 11.2. The molecule has 0 heterocycles. The van der Waals surface area contributed by atoms with Crippen molar-refractivity contribution in [2.75, 3.05) is 0 Å². The zero-order valence-corrected chi connectivity index (χ0v) is 8.53. The van der Waals surface area contributed by atoms with Crippen molar-refractivity contribution in [3.05, 3.63) is 0 Å². The Hall–Kier alpha value is 0.170. The predicted octanol–water partition coefficient (Wildman–Crippen LogP) is 2.06. The largest absolute Gasteiger partial charge is 0.481 e. The highest BCUT2D eigenvalue weighted by molar-refractivity contribution is 8.00. The number of hydrogen-bond donors (Lipinski definition) is 3. The van der Waals surface area contributed by atoms with Gasteiger partial charge in [-0.3, -0.25) is 4.79 Å². The molecular formula is C7H14O2S2. The Morgan fingerprint density at radius 1 is 1.64 bits per heavy atom. The summed E-state index contributed by atoms with van der Waals surface area (Å²) in [4.78, 5) is 10.2. The number of rotatable bonds is 4. The second-order valence-corrected chi connectivity index (χ2v) is 5.14. The molecule has 4 heteroatoms. The van der Waals surface area contributed by atoms with Gasteiger partial charge in [-0.05, 0) is 19.3 Å². The van der Waals surface area contributed by atoms with Gasteiger partial charge >= 0.3 is 5.97 Å². The van der Waals surface area contributed by atoms with Crippen molar-refractivity contribution in [3.8, 4) is 0 Å². The van der Waals surface area contributed by atoms with Gasteiger partial charge in [0, 0.05) is 6.42 Å². The Morgan fingerprint density at radius 2 is 2.09 bits per heavy atom. The van der Waals surface area contributed by atoms with Crippen molar-refractivity contribution in [2.24, 2.45) is 5.92 Å². The summed E-state index contributed by atoms with van der Waals surface area (Å²) in [5, 5.41) is 8.38. The minimum Gasteiger partial charge on any atom is -0.481 e. The Bertz CT molecular complexity index is 140. The van der Waals surface area contributed by atoms with Crippen LogP contribution in [0.5, 0.6) is 0 Å². The second-order valence-electron chi connectivity index (χ2n) is 2.93. The van der Waals surface area contributed by atoms with E-state index in [9.17, 15) is 4.79 Å². The highest BCUT2D eigenvalue weighted by atomic mass is 32.2. The first-order valence-corrected chi connectivity index (χ1v) is 4.40. The number of carboxylic acids is 1. The van der Waals surface area contributed by atoms with Gasteiger partial charge in [-0.15, -0.1) is 0 Å². The molecular weight excluding hydrogens is 180 g/mol. The lowest BCUT2D eigenvalue weighted by Gasteiger charge is -2.24. The minimum absolute atomic E-state index is 0.192. The maximum Gasteiger partial charge on any atom is 0.303 e. The fourth-order valence-corrected chi connectivity index (χ4v) is 0.872. The van der Waals surface area contributed by atoms with Gasteiger partial charge in [-0.2, -0.15) is 25.3 Å². The Labute approximate surface area is 78.2 Å². The van der Waals surface area contributed by atoms with Crippen LogP contribution in [0.3, 0.4) is 0 Å². The third kappa shape index (κ3) is 5.44. The smallest absolute Gasteiger partial charge is 0.303 e. The van der Waals surface area contributed by atoms with Crippen LogP contribution >= 0.6 is 25.3 Å². The molecule has 0 saturated carbocycles. The molecule has 0 radical (unpaired) electrons. The Morgan fingerprint density at radius 3 is 2.36 bits per heavy atom. The Balaban J connectivity index is 3.70. The molecule has 0 aliphatic carbocycles. The van der Waals surface area contributed by atoms with E-state index in [0.717, 1.165) is 0 Å². The molecule has 1 atom stereocenters. The number of carbonyl (C=O) groups is 1. The third-order valence-corrected chi connectivity index (χ3v) is 2.61. The average Bonchev–Trinajstić information content (AvgIpc) is 1.80. The van der Waals surface area contributed by atoms with E-state index in [-0.39, 0.29) is 16.4 Å². The van der Waals surface area contributed by atoms with E-state index in [4.69, 9.17) is 5.11 Å². The molecule has 11 heavy (non-hydrogen) atoms. The van der Waals surface area contributed by atoms with Crippen LogP contribution in [0, 0.1) is 5.92 Å². The van der Waals surface area contributed by atoms with Gasteiger partial charge in [0.2, 0.25) is 0 Å². The number of thiol groups is 2. The number of carboxylic acid groups (broad SMARTS) is 1. The van der Waals surface area contributed by atoms with Gasteiger partial charge in [-0.25, -0.2) is 0 Å². The van der Waals surface area contributed by atoms with E-state index in [2.05, 4.69) is 25.3 Å². The highest BCUT2D eigenvalue weighted by Gasteiger charge is 2.22. The lowest BCUT2D eigenvalue weighted by Crippen LogP contribution is -2.19. The van der Waals surface area contributed by atoms with Crippen LogP contribution < -0.4 is 0 Å². The summed E-state index contributed by atoms with van der Waals surface area (Å²) in [6.45, 7) is 3.81. The molecule has 0 aromatic carbocycles. The van der Waals surface area contributed by atoms with E-state index in [0.29, 0.717) is 6.42 Å². The molecule has 2 nitrogen and oxygen atoms in total. The van der Waals surface area contributed by atoms with Gasteiger partial charge in [-0.1, -0.05) is 6.92 Å². The summed E-state index contributed by atoms with van der Waals surface area (Å²) in [6, 6.07) is 0. The van der Waals surface area contributed by atoms with Crippen molar-refractivity contribution < 1.29 is 9.90 Å². The quantitative estimate of drug-likeness (QED) is 0.473. The van der Waals surface area contributed by atoms with Gasteiger partial charge < -0.3 is 5.11 Å². The zero-order chi connectivity index (χ0) is 9.07. The normalized spacial score (nSPS) is 14.5. The molecule has 0 amide bonds. The predicted molar refractivity (Wildman–Crippen MR) is 52.4 cm³/mol. The molecule has 0 aromatic rings. The summed E-state index contributed by atoms with van der Waals surface area (Å²) in [5.41, 5.74) is 0. The summed E-state index contributed by atoms with van der Waals surface area (Å²) in [7, 11) is 0. The van der Waals surface area contributed by atoms with Crippen LogP contribution in [0.25, 0.3) is 0 Å². The van der Waals surface area contributed by atoms with Crippen LogP contribution in [0.1, 0.15) is 26.7 Å². The van der Waals surface area contributed by atoms with E-state index in [1.807, 2.05) is 13.8 Å². The van der Waals surface area contributed by atoms with E-state index < -0.39 is 5.97 Å². The number of aliphatic carboxylic acids is 1. The Kier molecular flexibility index (Phi) is 4.32. The maximum atomic E-state index is 10.2. The standard InChI is InChI=1S/C7H14O2S2/c1-5(7(2,10)11)3-4-6(8)9/h5,10-11H,3-4H2,1-2H3,(H,8,9). The lowest BCUT2D eigenvalue weighted by atomic mass is 10.0. The van der Waals surface area contributed by atoms with Crippen molar-refractivity contribution in [2.45, 2.75) is 30.8 Å². The summed E-state index contributed by atoms with van der Waals surface area (Å²) in [6.07, 6.45) is 0.816. The molecule has 0 bridgehead atoms. The molecule has 0 spiro atoms. The summed E-state index contributed by atoms with van der Waals surface area (Å²) in [5.74, 6) is -0.562. The second kappa shape index (κ2) is 4.26. The minimum atomic E-state index is -0.761. The van der Waals surface area contributed by atoms with Gasteiger partial charge in [0.1, 0.15) is 0 Å². The maximum absolute atomic E-state index is 10.2. The molecule has 1 N–H and O–H groups in total. The SMILES string of the molecule is CC(CCC(=O)O)C(C)(S)S. The highest BCUT2D eigenvalue weighted by Crippen LogP contribution is 2.31. The molecule has 0 aliphatic heterocycles. The average molecular weight is 194 g/mol. The molecule has 0 fully saturated rings. The van der Waals surface area contributed by atoms with Crippen LogP contribution in [-0.2, 0) is 4.79 Å². The first-order chi connectivity index (χ1) is 4.84. The van der Waals surface area contributed by atoms with Gasteiger partial charge in [0.05, 0.1) is 4.08 Å². The van der Waals surface area contributed by atoms with Crippen LogP contribution in [0.4, 0.5) is 0 Å². The van der Waals surface area contributed by atoms with Gasteiger partial charge in [0.25, 0.3) is 0 Å². The first-order valence-electron chi connectivity index (χ1n) is 3.50. The van der Waals surface area contributed by atoms with Crippen molar-refractivity contribution in [1.82, 2.24) is 0 Å². The van der Waals surface area contributed by atoms with Crippen LogP contribution in [-0.4, -0.2) is 15.2 Å². The van der Waals surface area contributed by atoms with Crippen LogP contribution in [0.2, 0.25) is 0 Å². The van der Waals surface area contributed by atoms with Crippen molar-refractivity contribution in [1.29, 1.82) is 0 Å². The van der Waals surface area contributed by atoms with Gasteiger partial charge in [0.15, 0.2) is 0 Å². The fraction of sp³-hybridized carbons (Fsp3) is 0.857. The fourth-order valence-electron chi connectivity index (χ4n) is 0.613. The monoisotopic (exact) mass is 194 g/mol. The van der Waals surface area contributed by atoms with Crippen LogP contribution in [0.15, 0.2) is 0 Å². The molecule has 0 aromatic heterocycles. The van der Waals surface area contributed by atoms with Crippen molar-refractivity contribution >= 4 is 31.2 Å². The van der Waals surface area contributed by atoms with Crippen molar-refractivity contribution in [3.63, 3.8) is 0 Å². The molecule has 1 unspecified atom stereocenters. The molecule has 0 aliphatic rings. The number of hydrogen-bond acceptors (Lipinski definition) is 3. The van der Waals surface area contributed by atoms with E-state index in [1.165, 1.54) is 0 Å².